The highest BCUT2D eigenvalue weighted by atomic mass is 15.1. The molecule has 13 heavy (non-hydrogen) atoms. The van der Waals surface area contributed by atoms with E-state index < -0.39 is 0 Å². The maximum absolute atomic E-state index is 4.59. The van der Waals surface area contributed by atoms with Gasteiger partial charge in [-0.1, -0.05) is 0 Å². The summed E-state index contributed by atoms with van der Waals surface area (Å²) >= 11 is 0. The molecule has 0 spiro atoms. The average molecular weight is 179 g/mol. The summed E-state index contributed by atoms with van der Waals surface area (Å²) in [5.41, 5.74) is 2.57. The molecule has 0 bridgehead atoms. The van der Waals surface area contributed by atoms with E-state index in [0.29, 0.717) is 0 Å². The summed E-state index contributed by atoms with van der Waals surface area (Å²) in [5, 5.41) is 3.20. The van der Waals surface area contributed by atoms with Crippen molar-refractivity contribution in [1.29, 1.82) is 0 Å². The second-order valence-corrected chi connectivity index (χ2v) is 3.70. The minimum Gasteiger partial charge on any atom is -0.331 e. The normalized spacial score (nSPS) is 15.8. The third-order valence-electron chi connectivity index (χ3n) is 2.73. The Morgan fingerprint density at radius 1 is 1.46 bits per heavy atom. The number of nitrogens with zero attached hydrogens (tertiary/aromatic N) is 2. The van der Waals surface area contributed by atoms with Gasteiger partial charge < -0.3 is 9.88 Å². The van der Waals surface area contributed by atoms with Crippen molar-refractivity contribution in [3.8, 4) is 0 Å². The SMILES string of the molecule is CNCc1c(C)nc2n1CCCC2. The van der Waals surface area contributed by atoms with Gasteiger partial charge in [0, 0.05) is 19.5 Å². The third-order valence-corrected chi connectivity index (χ3v) is 2.73. The van der Waals surface area contributed by atoms with Crippen LogP contribution in [0.3, 0.4) is 0 Å². The van der Waals surface area contributed by atoms with Gasteiger partial charge >= 0.3 is 0 Å². The van der Waals surface area contributed by atoms with E-state index in [2.05, 4.69) is 21.8 Å². The summed E-state index contributed by atoms with van der Waals surface area (Å²) in [6.45, 7) is 4.21. The molecule has 1 aliphatic heterocycles. The molecule has 2 rings (SSSR count). The quantitative estimate of drug-likeness (QED) is 0.740. The largest absolute Gasteiger partial charge is 0.331 e. The Bertz CT molecular complexity index is 301. The van der Waals surface area contributed by atoms with Crippen LogP contribution in [0, 0.1) is 6.92 Å². The van der Waals surface area contributed by atoms with Gasteiger partial charge in [-0.05, 0) is 26.8 Å². The predicted molar refractivity (Wildman–Crippen MR) is 52.7 cm³/mol. The van der Waals surface area contributed by atoms with E-state index >= 15 is 0 Å². The van der Waals surface area contributed by atoms with Crippen molar-refractivity contribution in [1.82, 2.24) is 14.9 Å². The van der Waals surface area contributed by atoms with Crippen LogP contribution >= 0.6 is 0 Å². The molecule has 0 saturated heterocycles. The summed E-state index contributed by atoms with van der Waals surface area (Å²) < 4.78 is 2.38. The maximum Gasteiger partial charge on any atom is 0.109 e. The molecule has 0 saturated carbocycles. The van der Waals surface area contributed by atoms with E-state index in [4.69, 9.17) is 0 Å². The molecule has 3 nitrogen and oxygen atoms in total. The standard InChI is InChI=1S/C10H17N3/c1-8-9(7-11-2)13-6-4-3-5-10(13)12-8/h11H,3-7H2,1-2H3. The van der Waals surface area contributed by atoms with E-state index in [1.54, 1.807) is 0 Å². The Labute approximate surface area is 79.2 Å². The lowest BCUT2D eigenvalue weighted by atomic mass is 10.1. The van der Waals surface area contributed by atoms with Crippen LogP contribution in [0.5, 0.6) is 0 Å². The average Bonchev–Trinajstić information content (AvgIpc) is 2.44. The first kappa shape index (κ1) is 8.75. The molecule has 1 aromatic rings. The molecule has 0 amide bonds. The fourth-order valence-corrected chi connectivity index (χ4v) is 2.07. The van der Waals surface area contributed by atoms with Crippen molar-refractivity contribution in [2.75, 3.05) is 7.05 Å². The number of nitrogens with one attached hydrogen (secondary N) is 1. The van der Waals surface area contributed by atoms with Gasteiger partial charge in [-0.25, -0.2) is 4.98 Å². The van der Waals surface area contributed by atoms with Gasteiger partial charge in [-0.2, -0.15) is 0 Å². The predicted octanol–water partition coefficient (Wildman–Crippen LogP) is 1.25. The zero-order chi connectivity index (χ0) is 9.26. The Morgan fingerprint density at radius 3 is 3.08 bits per heavy atom. The van der Waals surface area contributed by atoms with E-state index in [-0.39, 0.29) is 0 Å². The van der Waals surface area contributed by atoms with Crippen LogP contribution in [0.15, 0.2) is 0 Å². The first-order chi connectivity index (χ1) is 6.33. The van der Waals surface area contributed by atoms with Crippen LogP contribution in [0.25, 0.3) is 0 Å². The number of aromatic nitrogens is 2. The number of aryl methyl sites for hydroxylation is 2. The molecular weight excluding hydrogens is 162 g/mol. The molecule has 0 unspecified atom stereocenters. The summed E-state index contributed by atoms with van der Waals surface area (Å²) in [4.78, 5) is 4.59. The smallest absolute Gasteiger partial charge is 0.109 e. The number of fused-ring (bicyclic) bond motifs is 1. The van der Waals surface area contributed by atoms with Gasteiger partial charge in [0.1, 0.15) is 5.82 Å². The molecule has 0 fully saturated rings. The third kappa shape index (κ3) is 1.48. The molecule has 0 aromatic carbocycles. The molecule has 1 N–H and O–H groups in total. The van der Waals surface area contributed by atoms with Gasteiger partial charge in [-0.3, -0.25) is 0 Å². The molecule has 0 atom stereocenters. The number of rotatable bonds is 2. The van der Waals surface area contributed by atoms with Crippen LogP contribution < -0.4 is 5.32 Å². The van der Waals surface area contributed by atoms with Crippen LogP contribution in [0.1, 0.15) is 30.1 Å². The maximum atomic E-state index is 4.59. The molecule has 0 radical (unpaired) electrons. The van der Waals surface area contributed by atoms with Crippen molar-refractivity contribution >= 4 is 0 Å². The second-order valence-electron chi connectivity index (χ2n) is 3.70. The second kappa shape index (κ2) is 3.50. The van der Waals surface area contributed by atoms with E-state index in [1.165, 1.54) is 30.1 Å². The van der Waals surface area contributed by atoms with Crippen molar-refractivity contribution in [3.05, 3.63) is 17.2 Å². The van der Waals surface area contributed by atoms with E-state index in [1.807, 2.05) is 7.05 Å². The zero-order valence-corrected chi connectivity index (χ0v) is 8.43. The van der Waals surface area contributed by atoms with Crippen molar-refractivity contribution in [2.45, 2.75) is 39.3 Å². The van der Waals surface area contributed by atoms with E-state index in [0.717, 1.165) is 19.5 Å². The molecule has 3 heteroatoms. The van der Waals surface area contributed by atoms with Crippen molar-refractivity contribution in [2.24, 2.45) is 0 Å². The molecule has 72 valence electrons. The fourth-order valence-electron chi connectivity index (χ4n) is 2.07. The number of hydrogen-bond donors (Lipinski definition) is 1. The van der Waals surface area contributed by atoms with Gasteiger partial charge in [-0.15, -0.1) is 0 Å². The summed E-state index contributed by atoms with van der Waals surface area (Å²) in [7, 11) is 1.99. The highest BCUT2D eigenvalue weighted by molar-refractivity contribution is 5.17. The molecule has 2 heterocycles. The fraction of sp³-hybridized carbons (Fsp3) is 0.700. The molecule has 0 aliphatic carbocycles. The summed E-state index contributed by atoms with van der Waals surface area (Å²) in [6, 6.07) is 0. The summed E-state index contributed by atoms with van der Waals surface area (Å²) in [6.07, 6.45) is 3.76. The Balaban J connectivity index is 2.36. The first-order valence-corrected chi connectivity index (χ1v) is 5.02. The van der Waals surface area contributed by atoms with E-state index in [9.17, 15) is 0 Å². The zero-order valence-electron chi connectivity index (χ0n) is 8.43. The minimum atomic E-state index is 0.943. The Hall–Kier alpha value is -0.830. The monoisotopic (exact) mass is 179 g/mol. The van der Waals surface area contributed by atoms with Gasteiger partial charge in [0.2, 0.25) is 0 Å². The van der Waals surface area contributed by atoms with Crippen LogP contribution in [-0.4, -0.2) is 16.6 Å². The lowest BCUT2D eigenvalue weighted by Gasteiger charge is -2.16. The number of imidazole rings is 1. The highest BCUT2D eigenvalue weighted by Gasteiger charge is 2.16. The molecule has 1 aromatic heterocycles. The van der Waals surface area contributed by atoms with Crippen molar-refractivity contribution < 1.29 is 0 Å². The number of hydrogen-bond acceptors (Lipinski definition) is 2. The Morgan fingerprint density at radius 2 is 2.31 bits per heavy atom. The van der Waals surface area contributed by atoms with Crippen LogP contribution in [0.2, 0.25) is 0 Å². The van der Waals surface area contributed by atoms with Gasteiger partial charge in [0.25, 0.3) is 0 Å². The lowest BCUT2D eigenvalue weighted by Crippen LogP contribution is -2.16. The van der Waals surface area contributed by atoms with Gasteiger partial charge in [0.15, 0.2) is 0 Å². The minimum absolute atomic E-state index is 0.943. The van der Waals surface area contributed by atoms with Crippen molar-refractivity contribution in [3.63, 3.8) is 0 Å². The van der Waals surface area contributed by atoms with Crippen LogP contribution in [0.4, 0.5) is 0 Å². The molecule has 1 aliphatic rings. The Kier molecular flexibility index (Phi) is 2.36. The van der Waals surface area contributed by atoms with Gasteiger partial charge in [0.05, 0.1) is 11.4 Å². The lowest BCUT2D eigenvalue weighted by molar-refractivity contribution is 0.503. The first-order valence-electron chi connectivity index (χ1n) is 5.02. The van der Waals surface area contributed by atoms with Crippen LogP contribution in [-0.2, 0) is 19.5 Å². The molecular formula is C10H17N3. The topological polar surface area (TPSA) is 29.9 Å². The highest BCUT2D eigenvalue weighted by Crippen LogP contribution is 2.18. The summed E-state index contributed by atoms with van der Waals surface area (Å²) in [5.74, 6) is 1.29.